The molecule has 0 bridgehead atoms. The maximum Gasteiger partial charge on any atom is 0.266 e. The third-order valence-electron chi connectivity index (χ3n) is 6.56. The van der Waals surface area contributed by atoms with E-state index in [2.05, 4.69) is 56.8 Å². The number of para-hydroxylation sites is 2. The fourth-order valence-corrected chi connectivity index (χ4v) is 4.76. The summed E-state index contributed by atoms with van der Waals surface area (Å²) in [6.45, 7) is 14.8. The molecule has 0 saturated carbocycles. The van der Waals surface area contributed by atoms with E-state index in [9.17, 15) is 4.79 Å². The molecule has 4 rings (SSSR count). The van der Waals surface area contributed by atoms with Gasteiger partial charge in [-0.1, -0.05) is 68.9 Å². The van der Waals surface area contributed by atoms with Crippen LogP contribution in [0, 0.1) is 0 Å². The van der Waals surface area contributed by atoms with Gasteiger partial charge in [0.05, 0.1) is 11.9 Å². The number of thioether (sulfide) groups is 1. The van der Waals surface area contributed by atoms with Crippen LogP contribution in [-0.2, 0) is 5.41 Å². The zero-order valence-electron chi connectivity index (χ0n) is 22.2. The zero-order chi connectivity index (χ0) is 26.3. The molecule has 2 aromatic carbocycles. The van der Waals surface area contributed by atoms with E-state index in [4.69, 9.17) is 14.5 Å². The first-order valence-corrected chi connectivity index (χ1v) is 12.7. The lowest BCUT2D eigenvalue weighted by Crippen LogP contribution is -2.47. The maximum atomic E-state index is 12.2. The van der Waals surface area contributed by atoms with Gasteiger partial charge in [0.2, 0.25) is 0 Å². The number of hydrogen-bond acceptors (Lipinski definition) is 6. The van der Waals surface area contributed by atoms with Crippen molar-refractivity contribution in [1.82, 2.24) is 19.6 Å². The number of nitrogens with zero attached hydrogens (tertiary/aromatic N) is 3. The van der Waals surface area contributed by atoms with Gasteiger partial charge in [0, 0.05) is 11.6 Å². The van der Waals surface area contributed by atoms with Crippen molar-refractivity contribution in [3.63, 3.8) is 0 Å². The summed E-state index contributed by atoms with van der Waals surface area (Å²) < 4.78 is 13.1. The van der Waals surface area contributed by atoms with Crippen molar-refractivity contribution in [2.24, 2.45) is 0 Å². The number of aromatic amines is 1. The first-order chi connectivity index (χ1) is 16.8. The minimum Gasteiger partial charge on any atom is -0.493 e. The normalized spacial score (nSPS) is 12.7. The molecule has 0 aliphatic rings. The number of nitrogens with one attached hydrogen (secondary N) is 1. The molecule has 0 atom stereocenters. The molecule has 7 nitrogen and oxygen atoms in total. The number of rotatable bonds is 7. The van der Waals surface area contributed by atoms with Gasteiger partial charge in [-0.25, -0.2) is 14.5 Å². The van der Waals surface area contributed by atoms with E-state index >= 15 is 0 Å². The molecule has 0 aliphatic heterocycles. The first-order valence-electron chi connectivity index (χ1n) is 11.9. The van der Waals surface area contributed by atoms with Gasteiger partial charge in [-0.2, -0.15) is 0 Å². The minimum absolute atomic E-state index is 0.0509. The topological polar surface area (TPSA) is 81.5 Å². The van der Waals surface area contributed by atoms with Crippen molar-refractivity contribution >= 4 is 17.4 Å². The summed E-state index contributed by atoms with van der Waals surface area (Å²) in [6.07, 6.45) is 0. The largest absolute Gasteiger partial charge is 0.493 e. The van der Waals surface area contributed by atoms with Gasteiger partial charge in [0.25, 0.3) is 5.56 Å². The quantitative estimate of drug-likeness (QED) is 0.304. The van der Waals surface area contributed by atoms with E-state index < -0.39 is 10.3 Å². The lowest BCUT2D eigenvalue weighted by Gasteiger charge is -2.40. The first kappa shape index (κ1) is 25.8. The smallest absolute Gasteiger partial charge is 0.266 e. The van der Waals surface area contributed by atoms with Gasteiger partial charge < -0.3 is 9.47 Å². The highest BCUT2D eigenvalue weighted by atomic mass is 32.2. The Morgan fingerprint density at radius 1 is 0.889 bits per heavy atom. The van der Waals surface area contributed by atoms with Gasteiger partial charge >= 0.3 is 0 Å². The van der Waals surface area contributed by atoms with Gasteiger partial charge in [0.1, 0.15) is 5.60 Å². The molecule has 0 amide bonds. The fraction of sp³-hybridized carbons (Fsp3) is 0.393. The average Bonchev–Trinajstić information content (AvgIpc) is 3.19. The second kappa shape index (κ2) is 9.32. The summed E-state index contributed by atoms with van der Waals surface area (Å²) in [7, 11) is 1.63. The van der Waals surface area contributed by atoms with Crippen molar-refractivity contribution < 1.29 is 9.47 Å². The molecule has 190 valence electrons. The third-order valence-corrected chi connectivity index (χ3v) is 8.02. The highest BCUT2D eigenvalue weighted by molar-refractivity contribution is 8.00. The number of methoxy groups -OCH3 is 1. The minimum atomic E-state index is -0.633. The van der Waals surface area contributed by atoms with Crippen LogP contribution >= 0.6 is 11.8 Å². The van der Waals surface area contributed by atoms with E-state index in [1.165, 1.54) is 23.4 Å². The Bertz CT molecular complexity index is 1430. The molecular weight excluding hydrogens is 472 g/mol. The lowest BCUT2D eigenvalue weighted by molar-refractivity contribution is 0.0733. The van der Waals surface area contributed by atoms with E-state index in [0.29, 0.717) is 28.1 Å². The van der Waals surface area contributed by atoms with Crippen molar-refractivity contribution in [2.75, 3.05) is 7.11 Å². The molecular formula is C28H34N4O3S. The van der Waals surface area contributed by atoms with E-state index in [0.717, 1.165) is 5.56 Å². The summed E-state index contributed by atoms with van der Waals surface area (Å²) in [5, 5.41) is 3.45. The number of aromatic nitrogens is 4. The molecule has 0 radical (unpaired) electrons. The molecule has 2 heterocycles. The summed E-state index contributed by atoms with van der Waals surface area (Å²) in [6, 6.07) is 17.4. The van der Waals surface area contributed by atoms with Crippen LogP contribution < -0.4 is 15.0 Å². The number of H-pyrrole nitrogens is 1. The van der Waals surface area contributed by atoms with Crippen molar-refractivity contribution in [2.45, 2.75) is 69.4 Å². The monoisotopic (exact) mass is 506 g/mol. The van der Waals surface area contributed by atoms with Crippen LogP contribution in [0.15, 0.2) is 64.5 Å². The number of benzene rings is 2. The standard InChI is InChI=1S/C28H34N4O3S/c1-26(2,3)19-15-13-18(14-16-19)24-29-22-17-23(33)31-32(22)25(30-24)36-28(6,7)27(4,5)35-21-12-10-9-11-20(21)34-8/h9-17H,1-8H3,(H,31,33). The van der Waals surface area contributed by atoms with Gasteiger partial charge in [-0.05, 0) is 50.8 Å². The Labute approximate surface area is 216 Å². The number of hydrogen-bond donors (Lipinski definition) is 1. The number of ether oxygens (including phenoxy) is 2. The van der Waals surface area contributed by atoms with E-state index in [-0.39, 0.29) is 11.0 Å². The van der Waals surface area contributed by atoms with Crippen LogP contribution in [0.3, 0.4) is 0 Å². The predicted molar refractivity (Wildman–Crippen MR) is 145 cm³/mol. The van der Waals surface area contributed by atoms with Gasteiger partial charge in [-0.15, -0.1) is 0 Å². The molecule has 8 heteroatoms. The molecule has 0 saturated heterocycles. The predicted octanol–water partition coefficient (Wildman–Crippen LogP) is 6.12. The highest BCUT2D eigenvalue weighted by Crippen LogP contribution is 2.43. The molecule has 0 spiro atoms. The summed E-state index contributed by atoms with van der Waals surface area (Å²) >= 11 is 1.52. The Kier molecular flexibility index (Phi) is 6.68. The second-order valence-electron chi connectivity index (χ2n) is 10.8. The fourth-order valence-electron chi connectivity index (χ4n) is 3.65. The third kappa shape index (κ3) is 5.14. The van der Waals surface area contributed by atoms with Crippen molar-refractivity contribution in [3.8, 4) is 22.9 Å². The zero-order valence-corrected chi connectivity index (χ0v) is 23.0. The summed E-state index contributed by atoms with van der Waals surface area (Å²) in [5.41, 5.74) is 1.83. The molecule has 1 N–H and O–H groups in total. The molecule has 36 heavy (non-hydrogen) atoms. The van der Waals surface area contributed by atoms with Crippen LogP contribution in [0.25, 0.3) is 17.0 Å². The van der Waals surface area contributed by atoms with Crippen molar-refractivity contribution in [3.05, 3.63) is 70.5 Å². The van der Waals surface area contributed by atoms with Gasteiger partial charge in [0.15, 0.2) is 28.1 Å². The van der Waals surface area contributed by atoms with Crippen molar-refractivity contribution in [1.29, 1.82) is 0 Å². The molecule has 0 aliphatic carbocycles. The Balaban J connectivity index is 1.72. The highest BCUT2D eigenvalue weighted by Gasteiger charge is 2.42. The van der Waals surface area contributed by atoms with Crippen LogP contribution in [0.2, 0.25) is 0 Å². The van der Waals surface area contributed by atoms with Gasteiger partial charge in [-0.3, -0.25) is 9.89 Å². The molecule has 2 aromatic heterocycles. The second-order valence-corrected chi connectivity index (χ2v) is 12.4. The van der Waals surface area contributed by atoms with Crippen LogP contribution in [-0.4, -0.2) is 37.0 Å². The summed E-state index contributed by atoms with van der Waals surface area (Å²) in [4.78, 5) is 21.8. The Hall–Kier alpha value is -3.26. The maximum absolute atomic E-state index is 12.2. The van der Waals surface area contributed by atoms with Crippen LogP contribution in [0.4, 0.5) is 0 Å². The molecule has 0 unspecified atom stereocenters. The Morgan fingerprint density at radius 3 is 2.14 bits per heavy atom. The van der Waals surface area contributed by atoms with Crippen LogP contribution in [0.5, 0.6) is 11.5 Å². The molecule has 4 aromatic rings. The number of fused-ring (bicyclic) bond motifs is 1. The van der Waals surface area contributed by atoms with Crippen LogP contribution in [0.1, 0.15) is 54.0 Å². The SMILES string of the molecule is COc1ccccc1OC(C)(C)C(C)(C)Sc1nc(-c2ccc(C(C)(C)C)cc2)nc2cc(=O)[nH]n12. The average molecular weight is 507 g/mol. The lowest BCUT2D eigenvalue weighted by atomic mass is 9.87. The molecule has 0 fully saturated rings. The Morgan fingerprint density at radius 2 is 1.53 bits per heavy atom. The van der Waals surface area contributed by atoms with E-state index in [1.807, 2.05) is 50.2 Å². The van der Waals surface area contributed by atoms with E-state index in [1.54, 1.807) is 11.6 Å². The summed E-state index contributed by atoms with van der Waals surface area (Å²) in [5.74, 6) is 1.91.